The van der Waals surface area contributed by atoms with Crippen LogP contribution in [0.4, 0.5) is 5.69 Å². The number of rotatable bonds is 4. The van der Waals surface area contributed by atoms with E-state index in [4.69, 9.17) is 10.5 Å². The zero-order valence-corrected chi connectivity index (χ0v) is 11.1. The molecule has 1 atom stereocenters. The number of aliphatic hydroxyl groups excluding tert-OH is 1. The van der Waals surface area contributed by atoms with E-state index in [1.54, 1.807) is 36.4 Å². The van der Waals surface area contributed by atoms with Crippen molar-refractivity contribution in [2.45, 2.75) is 6.10 Å². The molecule has 6 heteroatoms. The molecule has 1 aromatic carbocycles. The number of nitrogens with zero attached hydrogens (tertiary/aromatic N) is 3. The zero-order valence-electron chi connectivity index (χ0n) is 10.3. The Hall–Kier alpha value is -2.67. The van der Waals surface area contributed by atoms with Gasteiger partial charge in [0.1, 0.15) is 18.2 Å². The molecule has 2 rings (SSSR count). The first-order chi connectivity index (χ1) is 9.74. The van der Waals surface area contributed by atoms with Crippen molar-refractivity contribution < 1.29 is 5.11 Å². The summed E-state index contributed by atoms with van der Waals surface area (Å²) in [6.07, 6.45) is -0.702. The molecule has 0 saturated carbocycles. The molecule has 0 aliphatic rings. The van der Waals surface area contributed by atoms with Gasteiger partial charge in [-0.3, -0.25) is 5.43 Å². The third-order valence-electron chi connectivity index (χ3n) is 2.52. The summed E-state index contributed by atoms with van der Waals surface area (Å²) in [7, 11) is 0. The number of nitriles is 2. The molecule has 98 valence electrons. The molecule has 0 amide bonds. The highest BCUT2D eigenvalue weighted by atomic mass is 32.1. The summed E-state index contributed by atoms with van der Waals surface area (Å²) >= 11 is 1.47. The minimum absolute atomic E-state index is 0.255. The summed E-state index contributed by atoms with van der Waals surface area (Å²) in [5, 5.41) is 33.0. The number of thiophene rings is 1. The van der Waals surface area contributed by atoms with Crippen LogP contribution in [0.5, 0.6) is 0 Å². The molecule has 20 heavy (non-hydrogen) atoms. The summed E-state index contributed by atoms with van der Waals surface area (Å²) in [5.74, 6) is 0. The summed E-state index contributed by atoms with van der Waals surface area (Å²) in [6.45, 7) is 0. The quantitative estimate of drug-likeness (QED) is 0.666. The van der Waals surface area contributed by atoms with Crippen LogP contribution in [-0.4, -0.2) is 10.8 Å². The van der Waals surface area contributed by atoms with Crippen LogP contribution >= 0.6 is 11.3 Å². The van der Waals surface area contributed by atoms with E-state index in [9.17, 15) is 5.11 Å². The lowest BCUT2D eigenvalue weighted by atomic mass is 10.1. The van der Waals surface area contributed by atoms with E-state index < -0.39 is 6.10 Å². The van der Waals surface area contributed by atoms with Gasteiger partial charge >= 0.3 is 0 Å². The van der Waals surface area contributed by atoms with Crippen molar-refractivity contribution in [3.8, 4) is 12.1 Å². The van der Waals surface area contributed by atoms with Crippen LogP contribution in [0, 0.1) is 22.7 Å². The number of nitrogens with one attached hydrogen (secondary N) is 1. The summed E-state index contributed by atoms with van der Waals surface area (Å²) < 4.78 is 0. The Labute approximate surface area is 120 Å². The molecule has 1 aromatic heterocycles. The maximum atomic E-state index is 10.2. The number of anilines is 1. The van der Waals surface area contributed by atoms with Gasteiger partial charge in [-0.05, 0) is 29.1 Å². The molecule has 0 bridgehead atoms. The van der Waals surface area contributed by atoms with Crippen LogP contribution in [0.15, 0.2) is 46.9 Å². The van der Waals surface area contributed by atoms with E-state index in [-0.39, 0.29) is 5.71 Å². The van der Waals surface area contributed by atoms with E-state index in [2.05, 4.69) is 10.5 Å². The molecule has 0 radical (unpaired) electrons. The Morgan fingerprint density at radius 1 is 1.25 bits per heavy atom. The highest BCUT2D eigenvalue weighted by molar-refractivity contribution is 7.10. The molecule has 0 saturated heterocycles. The molecule has 1 unspecified atom stereocenters. The topological polar surface area (TPSA) is 92.2 Å². The number of hydrogen-bond acceptors (Lipinski definition) is 6. The number of aliphatic hydroxyl groups is 1. The van der Waals surface area contributed by atoms with Crippen molar-refractivity contribution in [2.24, 2.45) is 5.10 Å². The highest BCUT2D eigenvalue weighted by Gasteiger charge is 2.11. The largest absolute Gasteiger partial charge is 0.383 e. The molecular formula is C14H10N4OS. The van der Waals surface area contributed by atoms with Crippen LogP contribution in [0.2, 0.25) is 0 Å². The van der Waals surface area contributed by atoms with Gasteiger partial charge in [0.15, 0.2) is 0 Å². The third kappa shape index (κ3) is 3.21. The smallest absolute Gasteiger partial charge is 0.237 e. The van der Waals surface area contributed by atoms with Gasteiger partial charge in [-0.15, -0.1) is 11.3 Å². The predicted octanol–water partition coefficient (Wildman–Crippen LogP) is 2.64. The minimum Gasteiger partial charge on any atom is -0.383 e. The summed E-state index contributed by atoms with van der Waals surface area (Å²) in [4.78, 5) is 0.848. The van der Waals surface area contributed by atoms with Crippen molar-refractivity contribution in [1.82, 2.24) is 0 Å². The van der Waals surface area contributed by atoms with Crippen LogP contribution in [-0.2, 0) is 0 Å². The normalized spacial score (nSPS) is 10.9. The first kappa shape index (κ1) is 13.8. The number of benzene rings is 1. The summed E-state index contributed by atoms with van der Waals surface area (Å²) in [5.41, 5.74) is 3.68. The van der Waals surface area contributed by atoms with Gasteiger partial charge in [-0.2, -0.15) is 15.6 Å². The lowest BCUT2D eigenvalue weighted by Gasteiger charge is -2.10. The molecule has 5 nitrogen and oxygen atoms in total. The third-order valence-corrected chi connectivity index (χ3v) is 3.45. The van der Waals surface area contributed by atoms with Crippen molar-refractivity contribution in [3.05, 3.63) is 52.2 Å². The molecule has 1 heterocycles. The lowest BCUT2D eigenvalue weighted by molar-refractivity contribution is 0.224. The van der Waals surface area contributed by atoms with E-state index in [0.717, 1.165) is 4.88 Å². The molecule has 2 N–H and O–H groups in total. The fourth-order valence-electron chi connectivity index (χ4n) is 1.58. The van der Waals surface area contributed by atoms with Gasteiger partial charge in [0.05, 0.1) is 5.69 Å². The van der Waals surface area contributed by atoms with Crippen LogP contribution in [0.3, 0.4) is 0 Å². The molecule has 0 aliphatic heterocycles. The van der Waals surface area contributed by atoms with Crippen LogP contribution in [0.1, 0.15) is 16.5 Å². The zero-order chi connectivity index (χ0) is 14.4. The Bertz CT molecular complexity index is 679. The predicted molar refractivity (Wildman–Crippen MR) is 77.1 cm³/mol. The van der Waals surface area contributed by atoms with E-state index in [1.807, 2.05) is 17.5 Å². The van der Waals surface area contributed by atoms with Crippen molar-refractivity contribution in [1.29, 1.82) is 10.5 Å². The number of hydrogen-bond donors (Lipinski definition) is 2. The van der Waals surface area contributed by atoms with Gasteiger partial charge in [0, 0.05) is 4.88 Å². The monoisotopic (exact) mass is 282 g/mol. The van der Waals surface area contributed by atoms with E-state index in [0.29, 0.717) is 11.3 Å². The fraction of sp³-hybridized carbons (Fsp3) is 0.0714. The maximum Gasteiger partial charge on any atom is 0.237 e. The molecule has 0 aliphatic carbocycles. The average molecular weight is 282 g/mol. The van der Waals surface area contributed by atoms with E-state index in [1.165, 1.54) is 11.3 Å². The summed E-state index contributed by atoms with van der Waals surface area (Å²) in [6, 6.07) is 14.1. The Kier molecular flexibility index (Phi) is 4.46. The Morgan fingerprint density at radius 3 is 2.70 bits per heavy atom. The first-order valence-electron chi connectivity index (χ1n) is 5.70. The highest BCUT2D eigenvalue weighted by Crippen LogP contribution is 2.27. The minimum atomic E-state index is -0.702. The van der Waals surface area contributed by atoms with E-state index >= 15 is 0 Å². The van der Waals surface area contributed by atoms with Crippen molar-refractivity contribution in [3.63, 3.8) is 0 Å². The standard InChI is InChI=1S/C14H10N4OS/c15-8-12(9-16)18-17-11-4-1-3-10(7-11)14(19)13-5-2-6-20-13/h1-7,14,17,19H. The number of hydrazone groups is 1. The van der Waals surface area contributed by atoms with Gasteiger partial charge in [0.2, 0.25) is 5.71 Å². The second-order valence-electron chi connectivity index (χ2n) is 3.84. The molecule has 0 fully saturated rings. The fourth-order valence-corrected chi connectivity index (χ4v) is 2.32. The molecule has 0 spiro atoms. The Morgan fingerprint density at radius 2 is 2.05 bits per heavy atom. The average Bonchev–Trinajstić information content (AvgIpc) is 3.02. The Balaban J connectivity index is 2.19. The van der Waals surface area contributed by atoms with Crippen molar-refractivity contribution >= 4 is 22.7 Å². The van der Waals surface area contributed by atoms with Gasteiger partial charge in [-0.1, -0.05) is 18.2 Å². The van der Waals surface area contributed by atoms with Crippen LogP contribution in [0.25, 0.3) is 0 Å². The second-order valence-corrected chi connectivity index (χ2v) is 4.82. The lowest BCUT2D eigenvalue weighted by Crippen LogP contribution is -2.00. The second kappa shape index (κ2) is 6.48. The molecular weight excluding hydrogens is 272 g/mol. The van der Waals surface area contributed by atoms with Gasteiger partial charge in [0.25, 0.3) is 0 Å². The van der Waals surface area contributed by atoms with Crippen LogP contribution < -0.4 is 5.43 Å². The van der Waals surface area contributed by atoms with Gasteiger partial charge < -0.3 is 5.11 Å². The first-order valence-corrected chi connectivity index (χ1v) is 6.58. The van der Waals surface area contributed by atoms with Gasteiger partial charge in [-0.25, -0.2) is 0 Å². The SMILES string of the molecule is N#CC(C#N)=NNc1cccc(C(O)c2cccs2)c1. The molecule has 2 aromatic rings. The van der Waals surface area contributed by atoms with Crippen molar-refractivity contribution in [2.75, 3.05) is 5.43 Å². The maximum absolute atomic E-state index is 10.2.